The minimum atomic E-state index is 0.153. The molecule has 0 aliphatic carbocycles. The normalized spacial score (nSPS) is 12.6. The lowest BCUT2D eigenvalue weighted by Crippen LogP contribution is -2.22. The van der Waals surface area contributed by atoms with Crippen LogP contribution in [0.3, 0.4) is 0 Å². The molecule has 2 nitrogen and oxygen atoms in total. The fourth-order valence-corrected chi connectivity index (χ4v) is 2.31. The van der Waals surface area contributed by atoms with E-state index in [-0.39, 0.29) is 6.04 Å². The monoisotopic (exact) mass is 243 g/mol. The molecule has 1 unspecified atom stereocenters. The van der Waals surface area contributed by atoms with E-state index in [0.29, 0.717) is 0 Å². The molecule has 0 amide bonds. The summed E-state index contributed by atoms with van der Waals surface area (Å²) in [5.74, 6) is 1.96. The molecule has 0 aliphatic rings. The Hall–Kier alpha value is -1.54. The Bertz CT molecular complexity index is 501. The van der Waals surface area contributed by atoms with Gasteiger partial charge < -0.3 is 9.73 Å². The fraction of sp³-hybridized carbons (Fsp3) is 0.375. The number of furan rings is 1. The summed E-state index contributed by atoms with van der Waals surface area (Å²) in [6.45, 7) is 7.22. The summed E-state index contributed by atoms with van der Waals surface area (Å²) in [5.41, 5.74) is 2.69. The molecule has 2 rings (SSSR count). The topological polar surface area (TPSA) is 25.2 Å². The molecule has 1 aromatic heterocycles. The second-order valence-corrected chi connectivity index (χ2v) is 4.49. The van der Waals surface area contributed by atoms with Crippen molar-refractivity contribution in [1.82, 2.24) is 5.32 Å². The highest BCUT2D eigenvalue weighted by Crippen LogP contribution is 2.26. The summed E-state index contributed by atoms with van der Waals surface area (Å²) in [5, 5.41) is 3.51. The van der Waals surface area contributed by atoms with Crippen molar-refractivity contribution in [2.24, 2.45) is 0 Å². The van der Waals surface area contributed by atoms with Gasteiger partial charge in [0, 0.05) is 0 Å². The van der Waals surface area contributed by atoms with Crippen LogP contribution in [0.5, 0.6) is 0 Å². The van der Waals surface area contributed by atoms with Gasteiger partial charge in [0.15, 0.2) is 0 Å². The molecule has 1 atom stereocenters. The van der Waals surface area contributed by atoms with Crippen LogP contribution in [-0.2, 0) is 6.42 Å². The lowest BCUT2D eigenvalue weighted by molar-refractivity contribution is 0.434. The number of hydrogen-bond donors (Lipinski definition) is 1. The van der Waals surface area contributed by atoms with Gasteiger partial charge in [-0.1, -0.05) is 38.1 Å². The molecule has 18 heavy (non-hydrogen) atoms. The zero-order valence-electron chi connectivity index (χ0n) is 11.4. The summed E-state index contributed by atoms with van der Waals surface area (Å²) in [6, 6.07) is 12.8. The van der Waals surface area contributed by atoms with Gasteiger partial charge in [-0.25, -0.2) is 0 Å². The summed E-state index contributed by atoms with van der Waals surface area (Å²) in [7, 11) is 0. The maximum atomic E-state index is 5.79. The van der Waals surface area contributed by atoms with Crippen LogP contribution in [0.25, 0.3) is 0 Å². The Labute approximate surface area is 109 Å². The lowest BCUT2D eigenvalue weighted by atomic mass is 9.97. The molecule has 0 radical (unpaired) electrons. The van der Waals surface area contributed by atoms with Crippen molar-refractivity contribution in [3.8, 4) is 0 Å². The Morgan fingerprint density at radius 3 is 2.50 bits per heavy atom. The van der Waals surface area contributed by atoms with E-state index in [2.05, 4.69) is 49.5 Å². The summed E-state index contributed by atoms with van der Waals surface area (Å²) in [4.78, 5) is 0. The number of hydrogen-bond acceptors (Lipinski definition) is 2. The zero-order chi connectivity index (χ0) is 13.0. The van der Waals surface area contributed by atoms with Gasteiger partial charge in [-0.15, -0.1) is 0 Å². The van der Waals surface area contributed by atoms with Crippen LogP contribution in [0.2, 0.25) is 0 Å². The van der Waals surface area contributed by atoms with Gasteiger partial charge >= 0.3 is 0 Å². The maximum Gasteiger partial charge on any atom is 0.125 e. The zero-order valence-corrected chi connectivity index (χ0v) is 11.4. The Morgan fingerprint density at radius 2 is 1.89 bits per heavy atom. The number of rotatable bonds is 5. The Kier molecular flexibility index (Phi) is 4.21. The highest BCUT2D eigenvalue weighted by Gasteiger charge is 2.18. The molecule has 0 saturated carbocycles. The van der Waals surface area contributed by atoms with Crippen molar-refractivity contribution in [2.45, 2.75) is 33.2 Å². The first-order valence-electron chi connectivity index (χ1n) is 6.63. The van der Waals surface area contributed by atoms with Crippen LogP contribution in [0.1, 0.15) is 42.5 Å². The predicted octanol–water partition coefficient (Wildman–Crippen LogP) is 3.85. The van der Waals surface area contributed by atoms with Crippen molar-refractivity contribution in [2.75, 3.05) is 6.54 Å². The van der Waals surface area contributed by atoms with Crippen LogP contribution in [0.15, 0.2) is 40.8 Å². The first-order chi connectivity index (χ1) is 8.76. The third-order valence-electron chi connectivity index (χ3n) is 3.20. The Morgan fingerprint density at radius 1 is 1.11 bits per heavy atom. The molecule has 2 aromatic rings. The molecular formula is C16H21NO. The van der Waals surface area contributed by atoms with Gasteiger partial charge in [-0.2, -0.15) is 0 Å². The van der Waals surface area contributed by atoms with Crippen molar-refractivity contribution in [3.63, 3.8) is 0 Å². The summed E-state index contributed by atoms with van der Waals surface area (Å²) in [6.07, 6.45) is 1.04. The fourth-order valence-electron chi connectivity index (χ4n) is 2.31. The quantitative estimate of drug-likeness (QED) is 0.863. The average molecular weight is 243 g/mol. The molecule has 2 heteroatoms. The number of nitrogens with one attached hydrogen (secondary N) is 1. The lowest BCUT2D eigenvalue weighted by Gasteiger charge is -2.19. The van der Waals surface area contributed by atoms with Gasteiger partial charge in [0.2, 0.25) is 0 Å². The molecule has 0 aliphatic heterocycles. The van der Waals surface area contributed by atoms with Crippen molar-refractivity contribution < 1.29 is 4.42 Å². The minimum Gasteiger partial charge on any atom is -0.464 e. The molecule has 1 aromatic carbocycles. The molecular weight excluding hydrogens is 222 g/mol. The second-order valence-electron chi connectivity index (χ2n) is 4.49. The summed E-state index contributed by atoms with van der Waals surface area (Å²) >= 11 is 0. The van der Waals surface area contributed by atoms with Gasteiger partial charge in [-0.05, 0) is 43.1 Å². The van der Waals surface area contributed by atoms with E-state index in [0.717, 1.165) is 24.5 Å². The predicted molar refractivity (Wildman–Crippen MR) is 74.8 cm³/mol. The highest BCUT2D eigenvalue weighted by molar-refractivity contribution is 5.34. The van der Waals surface area contributed by atoms with Crippen LogP contribution in [0, 0.1) is 6.92 Å². The van der Waals surface area contributed by atoms with E-state index >= 15 is 0 Å². The van der Waals surface area contributed by atoms with Crippen molar-refractivity contribution in [3.05, 3.63) is 59.0 Å². The van der Waals surface area contributed by atoms with E-state index < -0.39 is 0 Å². The van der Waals surface area contributed by atoms with Crippen LogP contribution in [-0.4, -0.2) is 6.54 Å². The standard InChI is InChI=1S/C16H21NO/c1-4-13-8-6-7-9-14(13)16(17-5-2)15-11-10-12(3)18-15/h6-11,16-17H,4-5H2,1-3H3. The molecule has 1 heterocycles. The van der Waals surface area contributed by atoms with Gasteiger partial charge in [-0.3, -0.25) is 0 Å². The third kappa shape index (κ3) is 2.65. The first kappa shape index (κ1) is 12.9. The molecule has 0 fully saturated rings. The van der Waals surface area contributed by atoms with E-state index in [1.165, 1.54) is 11.1 Å². The number of benzene rings is 1. The maximum absolute atomic E-state index is 5.79. The van der Waals surface area contributed by atoms with Gasteiger partial charge in [0.1, 0.15) is 11.5 Å². The largest absolute Gasteiger partial charge is 0.464 e. The van der Waals surface area contributed by atoms with Crippen LogP contribution in [0.4, 0.5) is 0 Å². The molecule has 0 bridgehead atoms. The van der Waals surface area contributed by atoms with Crippen molar-refractivity contribution >= 4 is 0 Å². The SMILES string of the molecule is CCNC(c1ccc(C)o1)c1ccccc1CC. The minimum absolute atomic E-state index is 0.153. The molecule has 0 spiro atoms. The highest BCUT2D eigenvalue weighted by atomic mass is 16.3. The molecule has 1 N–H and O–H groups in total. The van der Waals surface area contributed by atoms with Gasteiger partial charge in [0.05, 0.1) is 6.04 Å². The van der Waals surface area contributed by atoms with Gasteiger partial charge in [0.25, 0.3) is 0 Å². The number of aryl methyl sites for hydroxylation is 2. The first-order valence-corrected chi connectivity index (χ1v) is 6.63. The van der Waals surface area contributed by atoms with Crippen LogP contribution < -0.4 is 5.32 Å². The van der Waals surface area contributed by atoms with E-state index in [9.17, 15) is 0 Å². The van der Waals surface area contributed by atoms with Crippen molar-refractivity contribution in [1.29, 1.82) is 0 Å². The average Bonchev–Trinajstić information content (AvgIpc) is 2.82. The van der Waals surface area contributed by atoms with Crippen LogP contribution >= 0.6 is 0 Å². The molecule has 0 saturated heterocycles. The Balaban J connectivity index is 2.41. The molecule has 96 valence electrons. The smallest absolute Gasteiger partial charge is 0.125 e. The van der Waals surface area contributed by atoms with E-state index in [1.54, 1.807) is 0 Å². The second kappa shape index (κ2) is 5.87. The third-order valence-corrected chi connectivity index (χ3v) is 3.20. The van der Waals surface area contributed by atoms with E-state index in [4.69, 9.17) is 4.42 Å². The van der Waals surface area contributed by atoms with E-state index in [1.807, 2.05) is 13.0 Å². The summed E-state index contributed by atoms with van der Waals surface area (Å²) < 4.78 is 5.79.